The number of hydrogen-bond acceptors (Lipinski definition) is 6. The Hall–Kier alpha value is -1.76. The van der Waals surface area contributed by atoms with Gasteiger partial charge in [0.25, 0.3) is 0 Å². The first-order valence-electron chi connectivity index (χ1n) is 4.07. The molecule has 0 saturated heterocycles. The van der Waals surface area contributed by atoms with Crippen molar-refractivity contribution in [2.75, 3.05) is 13.7 Å². The van der Waals surface area contributed by atoms with E-state index in [0.29, 0.717) is 0 Å². The molecule has 0 heterocycles. The Morgan fingerprint density at radius 3 is 2.47 bits per heavy atom. The van der Waals surface area contributed by atoms with Gasteiger partial charge >= 0.3 is 12.1 Å². The van der Waals surface area contributed by atoms with Crippen LogP contribution in [0.3, 0.4) is 0 Å². The fourth-order valence-corrected chi connectivity index (χ4v) is 0.593. The average Bonchev–Trinajstić information content (AvgIpc) is 2.14. The first kappa shape index (κ1) is 13.2. The van der Waals surface area contributed by atoms with Gasteiger partial charge in [0, 0.05) is 13.2 Å². The van der Waals surface area contributed by atoms with Crippen LogP contribution in [0.2, 0.25) is 0 Å². The van der Waals surface area contributed by atoms with Crippen molar-refractivity contribution < 1.29 is 23.8 Å². The van der Waals surface area contributed by atoms with E-state index in [4.69, 9.17) is 11.5 Å². The first-order chi connectivity index (χ1) is 6.95. The van der Waals surface area contributed by atoms with Gasteiger partial charge < -0.3 is 25.7 Å². The third-order valence-electron chi connectivity index (χ3n) is 1.30. The van der Waals surface area contributed by atoms with Crippen LogP contribution in [0.15, 0.2) is 11.8 Å². The lowest BCUT2D eigenvalue weighted by molar-refractivity contribution is -0.163. The van der Waals surface area contributed by atoms with Gasteiger partial charge in [-0.15, -0.1) is 0 Å². The number of carbonyl (C=O) groups excluding carboxylic acids is 2. The minimum absolute atomic E-state index is 0.0297. The smallest absolute Gasteiger partial charge is 0.404 e. The van der Waals surface area contributed by atoms with Crippen LogP contribution in [0.4, 0.5) is 4.79 Å². The second-order valence-electron chi connectivity index (χ2n) is 2.57. The molecule has 0 radical (unpaired) electrons. The molecule has 4 N–H and O–H groups in total. The van der Waals surface area contributed by atoms with Gasteiger partial charge in [0.15, 0.2) is 6.29 Å². The number of hydrogen-bond donors (Lipinski definition) is 2. The second-order valence-corrected chi connectivity index (χ2v) is 2.57. The van der Waals surface area contributed by atoms with Crippen molar-refractivity contribution in [1.82, 2.24) is 0 Å². The molecule has 1 atom stereocenters. The Kier molecular flexibility index (Phi) is 5.88. The van der Waals surface area contributed by atoms with E-state index in [1.54, 1.807) is 6.92 Å². The van der Waals surface area contributed by atoms with Gasteiger partial charge in [0.05, 0.1) is 5.70 Å². The topological polar surface area (TPSA) is 114 Å². The molecule has 0 aliphatic heterocycles. The Morgan fingerprint density at radius 1 is 1.40 bits per heavy atom. The van der Waals surface area contributed by atoms with E-state index >= 15 is 0 Å². The zero-order chi connectivity index (χ0) is 11.8. The standard InChI is InChI=1S/C8H14N2O5/c1-5(13-2)15-7(11)3-6(9)4-14-8(10)12/h3,5H,4,9H2,1-2H3,(H2,10,12)/b6-3-/t5-/m0/s1. The Morgan fingerprint density at radius 2 is 2.00 bits per heavy atom. The number of carbonyl (C=O) groups is 2. The van der Waals surface area contributed by atoms with Gasteiger partial charge in [-0.05, 0) is 6.92 Å². The quantitative estimate of drug-likeness (QED) is 0.364. The number of methoxy groups -OCH3 is 1. The maximum absolute atomic E-state index is 11.0. The summed E-state index contributed by atoms with van der Waals surface area (Å²) in [6.45, 7) is 1.29. The van der Waals surface area contributed by atoms with Crippen molar-refractivity contribution in [1.29, 1.82) is 0 Å². The predicted octanol–water partition coefficient (Wildman–Crippen LogP) is -0.540. The van der Waals surface area contributed by atoms with Crippen molar-refractivity contribution in [3.05, 3.63) is 11.8 Å². The molecule has 15 heavy (non-hydrogen) atoms. The lowest BCUT2D eigenvalue weighted by atomic mass is 10.4. The summed E-state index contributed by atoms with van der Waals surface area (Å²) in [4.78, 5) is 21.2. The van der Waals surface area contributed by atoms with E-state index in [2.05, 4.69) is 14.2 Å². The van der Waals surface area contributed by atoms with Crippen LogP contribution in [-0.4, -0.2) is 32.1 Å². The molecular weight excluding hydrogens is 204 g/mol. The highest BCUT2D eigenvalue weighted by Crippen LogP contribution is 1.95. The minimum Gasteiger partial charge on any atom is -0.443 e. The Bertz CT molecular complexity index is 264. The third kappa shape index (κ3) is 7.32. The molecule has 0 rings (SSSR count). The maximum Gasteiger partial charge on any atom is 0.404 e. The summed E-state index contributed by atoms with van der Waals surface area (Å²) in [6.07, 6.45) is -0.651. The summed E-state index contributed by atoms with van der Waals surface area (Å²) in [7, 11) is 1.39. The molecule has 0 bridgehead atoms. The van der Waals surface area contributed by atoms with E-state index in [1.165, 1.54) is 7.11 Å². The van der Waals surface area contributed by atoms with Gasteiger partial charge in [-0.1, -0.05) is 0 Å². The van der Waals surface area contributed by atoms with Crippen LogP contribution in [0.25, 0.3) is 0 Å². The fraction of sp³-hybridized carbons (Fsp3) is 0.500. The molecule has 0 saturated carbocycles. The Labute approximate surface area is 86.9 Å². The van der Waals surface area contributed by atoms with E-state index in [-0.39, 0.29) is 12.3 Å². The number of amides is 1. The van der Waals surface area contributed by atoms with E-state index < -0.39 is 18.4 Å². The van der Waals surface area contributed by atoms with Gasteiger partial charge in [-0.2, -0.15) is 0 Å². The molecule has 1 amide bonds. The molecule has 0 aromatic heterocycles. The van der Waals surface area contributed by atoms with Crippen molar-refractivity contribution in [3.63, 3.8) is 0 Å². The number of nitrogens with two attached hydrogens (primary N) is 2. The van der Waals surface area contributed by atoms with Crippen LogP contribution in [0, 0.1) is 0 Å². The summed E-state index contributed by atoms with van der Waals surface area (Å²) in [5, 5.41) is 0. The molecule has 0 aromatic rings. The molecular formula is C8H14N2O5. The van der Waals surface area contributed by atoms with Crippen molar-refractivity contribution in [3.8, 4) is 0 Å². The average molecular weight is 218 g/mol. The lowest BCUT2D eigenvalue weighted by Gasteiger charge is -2.09. The molecule has 0 aliphatic carbocycles. The normalized spacial score (nSPS) is 13.1. The van der Waals surface area contributed by atoms with Gasteiger partial charge in [-0.25, -0.2) is 9.59 Å². The van der Waals surface area contributed by atoms with E-state index in [1.807, 2.05) is 0 Å². The SMILES string of the molecule is CO[C@H](C)OC(=O)/C=C(\N)COC(N)=O. The summed E-state index contributed by atoms with van der Waals surface area (Å²) in [5.74, 6) is -0.685. The predicted molar refractivity (Wildman–Crippen MR) is 50.4 cm³/mol. The van der Waals surface area contributed by atoms with Gasteiger partial charge in [0.2, 0.25) is 0 Å². The largest absolute Gasteiger partial charge is 0.443 e. The molecule has 7 nitrogen and oxygen atoms in total. The highest BCUT2D eigenvalue weighted by atomic mass is 16.7. The van der Waals surface area contributed by atoms with Crippen LogP contribution in [0.1, 0.15) is 6.92 Å². The Balaban J connectivity index is 4.00. The molecule has 7 heteroatoms. The first-order valence-corrected chi connectivity index (χ1v) is 4.07. The van der Waals surface area contributed by atoms with Gasteiger partial charge in [-0.3, -0.25) is 0 Å². The zero-order valence-corrected chi connectivity index (χ0v) is 8.56. The van der Waals surface area contributed by atoms with Crippen molar-refractivity contribution in [2.24, 2.45) is 11.5 Å². The van der Waals surface area contributed by atoms with E-state index in [9.17, 15) is 9.59 Å². The maximum atomic E-state index is 11.0. The molecule has 0 aliphatic rings. The van der Waals surface area contributed by atoms with Crippen LogP contribution in [-0.2, 0) is 19.0 Å². The molecule has 0 aromatic carbocycles. The number of esters is 1. The highest BCUT2D eigenvalue weighted by molar-refractivity contribution is 5.82. The van der Waals surface area contributed by atoms with Crippen molar-refractivity contribution in [2.45, 2.75) is 13.2 Å². The monoisotopic (exact) mass is 218 g/mol. The lowest BCUT2D eigenvalue weighted by Crippen LogP contribution is -2.20. The molecule has 0 unspecified atom stereocenters. The van der Waals surface area contributed by atoms with Crippen LogP contribution >= 0.6 is 0 Å². The van der Waals surface area contributed by atoms with Crippen LogP contribution in [0.5, 0.6) is 0 Å². The molecule has 86 valence electrons. The molecule has 0 fully saturated rings. The minimum atomic E-state index is -0.968. The molecule has 0 spiro atoms. The summed E-state index contributed by atoms with van der Waals surface area (Å²) >= 11 is 0. The summed E-state index contributed by atoms with van der Waals surface area (Å²) < 4.78 is 13.7. The van der Waals surface area contributed by atoms with Crippen molar-refractivity contribution >= 4 is 12.1 Å². The number of ether oxygens (including phenoxy) is 3. The van der Waals surface area contributed by atoms with Crippen LogP contribution < -0.4 is 11.5 Å². The fourth-order valence-electron chi connectivity index (χ4n) is 0.593. The number of rotatable bonds is 5. The second kappa shape index (κ2) is 6.66. The third-order valence-corrected chi connectivity index (χ3v) is 1.30. The summed E-state index contributed by atoms with van der Waals surface area (Å²) in [6, 6.07) is 0. The van der Waals surface area contributed by atoms with E-state index in [0.717, 1.165) is 6.08 Å². The van der Waals surface area contributed by atoms with Gasteiger partial charge in [0.1, 0.15) is 6.61 Å². The number of primary amides is 1. The highest BCUT2D eigenvalue weighted by Gasteiger charge is 2.06. The zero-order valence-electron chi connectivity index (χ0n) is 8.56. The summed E-state index contributed by atoms with van der Waals surface area (Å²) in [5.41, 5.74) is 10.1.